The van der Waals surface area contributed by atoms with Gasteiger partial charge in [0.05, 0.1) is 10.4 Å². The first-order valence-electron chi connectivity index (χ1n) is 5.47. The van der Waals surface area contributed by atoms with E-state index in [1.165, 1.54) is 6.07 Å². The van der Waals surface area contributed by atoms with E-state index in [4.69, 9.17) is 0 Å². The normalized spacial score (nSPS) is 20.6. The van der Waals surface area contributed by atoms with E-state index in [0.29, 0.717) is 18.5 Å². The fourth-order valence-corrected chi connectivity index (χ4v) is 2.42. The number of hydrogen-bond acceptors (Lipinski definition) is 1. The van der Waals surface area contributed by atoms with Crippen LogP contribution in [0.25, 0.3) is 0 Å². The van der Waals surface area contributed by atoms with E-state index in [9.17, 15) is 18.0 Å². The van der Waals surface area contributed by atoms with Crippen molar-refractivity contribution in [3.8, 4) is 0 Å². The number of benzene rings is 1. The summed E-state index contributed by atoms with van der Waals surface area (Å²) in [4.78, 5) is 13.0. The van der Waals surface area contributed by atoms with Crippen molar-refractivity contribution in [2.45, 2.75) is 24.0 Å². The SMILES string of the molecule is O=C1C(Br)CCN1Cc1cccc(C(F)(F)F)c1. The molecule has 1 aromatic carbocycles. The number of carbonyl (C=O) groups is 1. The van der Waals surface area contributed by atoms with Gasteiger partial charge in [-0.2, -0.15) is 13.2 Å². The maximum absolute atomic E-state index is 12.5. The first-order valence-corrected chi connectivity index (χ1v) is 6.38. The molecule has 98 valence electrons. The standard InChI is InChI=1S/C12H11BrF3NO/c13-10-4-5-17(11(10)18)7-8-2-1-3-9(6-8)12(14,15)16/h1-3,6,10H,4-5,7H2. The molecular formula is C12H11BrF3NO. The molecule has 1 aliphatic heterocycles. The van der Waals surface area contributed by atoms with Gasteiger partial charge in [0, 0.05) is 13.1 Å². The van der Waals surface area contributed by atoms with Crippen molar-refractivity contribution in [3.05, 3.63) is 35.4 Å². The Morgan fingerprint density at radius 1 is 1.39 bits per heavy atom. The molecule has 1 saturated heterocycles. The molecule has 1 unspecified atom stereocenters. The van der Waals surface area contributed by atoms with Gasteiger partial charge in [-0.3, -0.25) is 4.79 Å². The first-order chi connectivity index (χ1) is 8.38. The molecule has 1 aliphatic rings. The van der Waals surface area contributed by atoms with E-state index < -0.39 is 11.7 Å². The van der Waals surface area contributed by atoms with Crippen LogP contribution < -0.4 is 0 Å². The van der Waals surface area contributed by atoms with Crippen LogP contribution in [-0.2, 0) is 17.5 Å². The summed E-state index contributed by atoms with van der Waals surface area (Å²) in [5.41, 5.74) is -0.179. The van der Waals surface area contributed by atoms with E-state index in [0.717, 1.165) is 12.1 Å². The molecule has 1 fully saturated rings. The summed E-state index contributed by atoms with van der Waals surface area (Å²) in [5.74, 6) is -0.0626. The highest BCUT2D eigenvalue weighted by molar-refractivity contribution is 9.10. The fraction of sp³-hybridized carbons (Fsp3) is 0.417. The minimum atomic E-state index is -4.34. The molecule has 0 radical (unpaired) electrons. The molecule has 0 aromatic heterocycles. The van der Waals surface area contributed by atoms with Gasteiger partial charge in [0.1, 0.15) is 0 Å². The summed E-state index contributed by atoms with van der Waals surface area (Å²) in [7, 11) is 0. The molecule has 1 aromatic rings. The molecule has 6 heteroatoms. The van der Waals surface area contributed by atoms with Crippen molar-refractivity contribution in [1.82, 2.24) is 4.90 Å². The Hall–Kier alpha value is -1.04. The highest BCUT2D eigenvalue weighted by Gasteiger charge is 2.32. The van der Waals surface area contributed by atoms with Crippen LogP contribution in [0.5, 0.6) is 0 Å². The maximum Gasteiger partial charge on any atom is 0.416 e. The quantitative estimate of drug-likeness (QED) is 0.766. The predicted molar refractivity (Wildman–Crippen MR) is 64.2 cm³/mol. The zero-order valence-corrected chi connectivity index (χ0v) is 11.0. The van der Waals surface area contributed by atoms with E-state index in [2.05, 4.69) is 15.9 Å². The number of hydrogen-bond donors (Lipinski definition) is 0. The number of likely N-dealkylation sites (tertiary alicyclic amines) is 1. The molecule has 0 aliphatic carbocycles. The van der Waals surface area contributed by atoms with Crippen LogP contribution in [0.1, 0.15) is 17.5 Å². The number of nitrogens with zero attached hydrogens (tertiary/aromatic N) is 1. The summed E-state index contributed by atoms with van der Waals surface area (Å²) >= 11 is 3.23. The fourth-order valence-electron chi connectivity index (χ4n) is 1.92. The van der Waals surface area contributed by atoms with Crippen molar-refractivity contribution < 1.29 is 18.0 Å². The Bertz CT molecular complexity index is 461. The highest BCUT2D eigenvalue weighted by atomic mass is 79.9. The average molecular weight is 322 g/mol. The number of rotatable bonds is 2. The second kappa shape index (κ2) is 4.91. The third-order valence-corrected chi connectivity index (χ3v) is 3.71. The number of carbonyl (C=O) groups excluding carboxylic acids is 1. The molecule has 0 saturated carbocycles. The third kappa shape index (κ3) is 2.85. The van der Waals surface area contributed by atoms with Gasteiger partial charge in [-0.25, -0.2) is 0 Å². The molecule has 18 heavy (non-hydrogen) atoms. The molecule has 1 atom stereocenters. The van der Waals surface area contributed by atoms with E-state index in [1.807, 2.05) is 0 Å². The molecule has 2 rings (SSSR count). The summed E-state index contributed by atoms with van der Waals surface area (Å²) in [6, 6.07) is 5.09. The molecular weight excluding hydrogens is 311 g/mol. The van der Waals surface area contributed by atoms with Gasteiger partial charge >= 0.3 is 6.18 Å². The third-order valence-electron chi connectivity index (χ3n) is 2.86. The molecule has 2 nitrogen and oxygen atoms in total. The van der Waals surface area contributed by atoms with Crippen LogP contribution in [0, 0.1) is 0 Å². The van der Waals surface area contributed by atoms with Gasteiger partial charge in [-0.15, -0.1) is 0 Å². The average Bonchev–Trinajstić information content (AvgIpc) is 2.60. The van der Waals surface area contributed by atoms with Gasteiger partial charge in [-0.1, -0.05) is 28.1 Å². The van der Waals surface area contributed by atoms with Gasteiger partial charge in [0.15, 0.2) is 0 Å². The topological polar surface area (TPSA) is 20.3 Å². The van der Waals surface area contributed by atoms with Crippen LogP contribution in [0.2, 0.25) is 0 Å². The van der Waals surface area contributed by atoms with Crippen LogP contribution >= 0.6 is 15.9 Å². The second-order valence-electron chi connectivity index (χ2n) is 4.21. The minimum Gasteiger partial charge on any atom is -0.337 e. The van der Waals surface area contributed by atoms with Crippen molar-refractivity contribution in [2.75, 3.05) is 6.54 Å². The van der Waals surface area contributed by atoms with Gasteiger partial charge < -0.3 is 4.90 Å². The zero-order valence-electron chi connectivity index (χ0n) is 9.38. The van der Waals surface area contributed by atoms with Crippen LogP contribution in [0.3, 0.4) is 0 Å². The van der Waals surface area contributed by atoms with Gasteiger partial charge in [-0.05, 0) is 24.1 Å². The van der Waals surface area contributed by atoms with Gasteiger partial charge in [0.2, 0.25) is 5.91 Å². The highest BCUT2D eigenvalue weighted by Crippen LogP contribution is 2.30. The summed E-state index contributed by atoms with van der Waals surface area (Å²) in [6.07, 6.45) is -3.65. The Labute approximate surface area is 111 Å². The Kier molecular flexibility index (Phi) is 3.66. The lowest BCUT2D eigenvalue weighted by Gasteiger charge is -2.16. The summed E-state index contributed by atoms with van der Waals surface area (Å²) < 4.78 is 37.6. The van der Waals surface area contributed by atoms with E-state index >= 15 is 0 Å². The predicted octanol–water partition coefficient (Wildman–Crippen LogP) is 3.20. The minimum absolute atomic E-state index is 0.0626. The van der Waals surface area contributed by atoms with E-state index in [1.54, 1.807) is 11.0 Å². The van der Waals surface area contributed by atoms with Crippen LogP contribution in [0.4, 0.5) is 13.2 Å². The second-order valence-corrected chi connectivity index (χ2v) is 5.32. The van der Waals surface area contributed by atoms with E-state index in [-0.39, 0.29) is 17.3 Å². The lowest BCUT2D eigenvalue weighted by Crippen LogP contribution is -2.27. The molecule has 0 bridgehead atoms. The van der Waals surface area contributed by atoms with Crippen molar-refractivity contribution in [3.63, 3.8) is 0 Å². The molecule has 0 spiro atoms. The number of halogens is 4. The van der Waals surface area contributed by atoms with Crippen LogP contribution in [0.15, 0.2) is 24.3 Å². The van der Waals surface area contributed by atoms with Crippen molar-refractivity contribution in [1.29, 1.82) is 0 Å². The Balaban J connectivity index is 2.13. The lowest BCUT2D eigenvalue weighted by atomic mass is 10.1. The molecule has 1 amide bonds. The Morgan fingerprint density at radius 3 is 2.67 bits per heavy atom. The monoisotopic (exact) mass is 321 g/mol. The van der Waals surface area contributed by atoms with Crippen LogP contribution in [-0.4, -0.2) is 22.2 Å². The zero-order chi connectivity index (χ0) is 13.3. The van der Waals surface area contributed by atoms with Gasteiger partial charge in [0.25, 0.3) is 0 Å². The largest absolute Gasteiger partial charge is 0.416 e. The number of amides is 1. The van der Waals surface area contributed by atoms with Crippen molar-refractivity contribution in [2.24, 2.45) is 0 Å². The lowest BCUT2D eigenvalue weighted by molar-refractivity contribution is -0.137. The van der Waals surface area contributed by atoms with Crippen molar-refractivity contribution >= 4 is 21.8 Å². The first kappa shape index (κ1) is 13.4. The Morgan fingerprint density at radius 2 is 2.11 bits per heavy atom. The maximum atomic E-state index is 12.5. The smallest absolute Gasteiger partial charge is 0.337 e. The molecule has 0 N–H and O–H groups in total. The summed E-state index contributed by atoms with van der Waals surface area (Å²) in [6.45, 7) is 0.801. The summed E-state index contributed by atoms with van der Waals surface area (Å²) in [5, 5.41) is 0. The number of alkyl halides is 4. The molecule has 1 heterocycles.